The van der Waals surface area contributed by atoms with Crippen molar-refractivity contribution in [2.45, 2.75) is 174 Å². The fraction of sp³-hybridized carbons (Fsp3) is 0.921. The first-order chi connectivity index (χ1) is 20.2. The second kappa shape index (κ2) is 27.7. The first-order valence-corrected chi connectivity index (χ1v) is 18.6. The Kier molecular flexibility index (Phi) is 27.1. The largest absolute Gasteiger partial charge is 0.447 e. The molecule has 250 valence electrons. The van der Waals surface area contributed by atoms with Crippen LogP contribution in [0.5, 0.6) is 0 Å². The fourth-order valence-corrected chi connectivity index (χ4v) is 6.39. The summed E-state index contributed by atoms with van der Waals surface area (Å²) in [5, 5.41) is 0. The van der Waals surface area contributed by atoms with Gasteiger partial charge in [-0.3, -0.25) is 0 Å². The number of ether oxygens (including phenoxy) is 1. The van der Waals surface area contributed by atoms with Crippen molar-refractivity contribution in [1.82, 2.24) is 0 Å². The normalized spacial score (nSPS) is 12.3. The molecule has 0 rings (SSSR count). The highest BCUT2D eigenvalue weighted by Gasteiger charge is 2.30. The predicted molar refractivity (Wildman–Crippen MR) is 186 cm³/mol. The average Bonchev–Trinajstić information content (AvgIpc) is 2.93. The van der Waals surface area contributed by atoms with Crippen LogP contribution in [0.15, 0.2) is 12.7 Å². The van der Waals surface area contributed by atoms with Crippen LogP contribution in [0, 0.1) is 0 Å². The Bertz CT molecular complexity index is 574. The maximum Gasteiger partial charge on any atom is 0.330 e. The molecule has 0 aliphatic carbocycles. The van der Waals surface area contributed by atoms with E-state index in [-0.39, 0.29) is 12.1 Å². The molecule has 0 aliphatic heterocycles. The highest BCUT2D eigenvalue weighted by Crippen LogP contribution is 2.16. The molecular formula is C38H78N2O2+2. The molecule has 0 saturated heterocycles. The van der Waals surface area contributed by atoms with Crippen LogP contribution in [0.4, 0.5) is 0 Å². The van der Waals surface area contributed by atoms with Crippen LogP contribution in [0.3, 0.4) is 0 Å². The molecule has 4 nitrogen and oxygen atoms in total. The van der Waals surface area contributed by atoms with Crippen molar-refractivity contribution in [1.29, 1.82) is 0 Å². The Labute approximate surface area is 265 Å². The number of hydrogen-bond donors (Lipinski definition) is 0. The number of carbonyl (C=O) groups is 1. The molecule has 0 saturated carbocycles. The molecule has 0 atom stereocenters. The molecule has 0 spiro atoms. The SMILES string of the molecule is C=CC(=O)OC(C[N+](C)(C)CCCCCCCCCCCCCC)C[N+](C)(C)CCCCCCCCCCCCCC. The summed E-state index contributed by atoms with van der Waals surface area (Å²) in [6.07, 6.45) is 34.4. The van der Waals surface area contributed by atoms with Gasteiger partial charge in [-0.05, 0) is 25.7 Å². The molecule has 0 heterocycles. The van der Waals surface area contributed by atoms with Gasteiger partial charge < -0.3 is 13.7 Å². The molecule has 42 heavy (non-hydrogen) atoms. The van der Waals surface area contributed by atoms with Crippen molar-refractivity contribution in [2.24, 2.45) is 0 Å². The number of esters is 1. The quantitative estimate of drug-likeness (QED) is 0.0335. The molecule has 0 bridgehead atoms. The van der Waals surface area contributed by atoms with Crippen molar-refractivity contribution in [3.8, 4) is 0 Å². The first-order valence-electron chi connectivity index (χ1n) is 18.6. The molecule has 0 unspecified atom stereocenters. The van der Waals surface area contributed by atoms with E-state index in [4.69, 9.17) is 4.74 Å². The molecule has 0 radical (unpaired) electrons. The molecule has 0 amide bonds. The number of likely N-dealkylation sites (N-methyl/N-ethyl adjacent to an activating group) is 2. The van der Waals surface area contributed by atoms with Crippen LogP contribution in [0.1, 0.15) is 168 Å². The van der Waals surface area contributed by atoms with E-state index in [0.29, 0.717) is 0 Å². The van der Waals surface area contributed by atoms with Gasteiger partial charge in [0.15, 0.2) is 6.10 Å². The van der Waals surface area contributed by atoms with Gasteiger partial charge in [0.2, 0.25) is 0 Å². The van der Waals surface area contributed by atoms with Crippen molar-refractivity contribution in [2.75, 3.05) is 54.4 Å². The van der Waals surface area contributed by atoms with Gasteiger partial charge in [-0.15, -0.1) is 0 Å². The Hall–Kier alpha value is -0.870. The monoisotopic (exact) mass is 595 g/mol. The van der Waals surface area contributed by atoms with Gasteiger partial charge in [0.05, 0.1) is 41.3 Å². The molecule has 0 aliphatic rings. The number of unbranched alkanes of at least 4 members (excludes halogenated alkanes) is 22. The van der Waals surface area contributed by atoms with Crippen molar-refractivity contribution >= 4 is 5.97 Å². The summed E-state index contributed by atoms with van der Waals surface area (Å²) in [6, 6.07) is 0. The third-order valence-electron chi connectivity index (χ3n) is 9.08. The molecule has 4 heteroatoms. The second-order valence-electron chi connectivity index (χ2n) is 14.7. The Morgan fingerprint density at radius 3 is 1.05 bits per heavy atom. The van der Waals surface area contributed by atoms with E-state index in [1.165, 1.54) is 160 Å². The smallest absolute Gasteiger partial charge is 0.330 e. The lowest BCUT2D eigenvalue weighted by atomic mass is 10.0. The van der Waals surface area contributed by atoms with Gasteiger partial charge in [0.25, 0.3) is 0 Å². The van der Waals surface area contributed by atoms with Crippen molar-refractivity contribution in [3.63, 3.8) is 0 Å². The van der Waals surface area contributed by atoms with E-state index >= 15 is 0 Å². The highest BCUT2D eigenvalue weighted by molar-refractivity contribution is 5.81. The van der Waals surface area contributed by atoms with E-state index in [1.54, 1.807) is 0 Å². The topological polar surface area (TPSA) is 26.3 Å². The van der Waals surface area contributed by atoms with Gasteiger partial charge in [0, 0.05) is 6.08 Å². The number of quaternary nitrogens is 2. The summed E-state index contributed by atoms with van der Waals surface area (Å²) in [7, 11) is 9.22. The first kappa shape index (κ1) is 41.1. The zero-order chi connectivity index (χ0) is 31.4. The maximum absolute atomic E-state index is 12.2. The summed E-state index contributed by atoms with van der Waals surface area (Å²) < 4.78 is 7.73. The minimum absolute atomic E-state index is 0.0739. The third kappa shape index (κ3) is 27.9. The van der Waals surface area contributed by atoms with E-state index in [2.05, 4.69) is 48.6 Å². The van der Waals surface area contributed by atoms with Gasteiger partial charge in [-0.1, -0.05) is 149 Å². The van der Waals surface area contributed by atoms with Gasteiger partial charge >= 0.3 is 5.97 Å². The lowest BCUT2D eigenvalue weighted by molar-refractivity contribution is -0.914. The van der Waals surface area contributed by atoms with Crippen LogP contribution in [0.25, 0.3) is 0 Å². The Morgan fingerprint density at radius 2 is 0.786 bits per heavy atom. The Morgan fingerprint density at radius 1 is 0.524 bits per heavy atom. The highest BCUT2D eigenvalue weighted by atomic mass is 16.5. The number of carbonyl (C=O) groups excluding carboxylic acids is 1. The number of nitrogens with zero attached hydrogens (tertiary/aromatic N) is 2. The van der Waals surface area contributed by atoms with Crippen molar-refractivity contribution in [3.05, 3.63) is 12.7 Å². The zero-order valence-corrected chi connectivity index (χ0v) is 29.9. The minimum Gasteiger partial charge on any atom is -0.447 e. The van der Waals surface area contributed by atoms with E-state index in [1.807, 2.05) is 0 Å². The summed E-state index contributed by atoms with van der Waals surface area (Å²) in [4.78, 5) is 12.2. The van der Waals surface area contributed by atoms with E-state index in [9.17, 15) is 4.79 Å². The van der Waals surface area contributed by atoms with E-state index in [0.717, 1.165) is 35.1 Å². The van der Waals surface area contributed by atoms with Crippen LogP contribution in [-0.4, -0.2) is 75.4 Å². The fourth-order valence-electron chi connectivity index (χ4n) is 6.39. The zero-order valence-electron chi connectivity index (χ0n) is 29.9. The number of rotatable bonds is 32. The predicted octanol–water partition coefficient (Wildman–Crippen LogP) is 10.6. The summed E-state index contributed by atoms with van der Waals surface area (Å²) in [5.74, 6) is -0.282. The molecule has 0 aromatic rings. The van der Waals surface area contributed by atoms with Crippen LogP contribution in [0.2, 0.25) is 0 Å². The van der Waals surface area contributed by atoms with Crippen LogP contribution < -0.4 is 0 Å². The molecule has 0 aromatic heterocycles. The average molecular weight is 595 g/mol. The second-order valence-corrected chi connectivity index (χ2v) is 14.7. The van der Waals surface area contributed by atoms with Gasteiger partial charge in [0.1, 0.15) is 13.1 Å². The molecule has 0 aromatic carbocycles. The lowest BCUT2D eigenvalue weighted by Gasteiger charge is -2.37. The maximum atomic E-state index is 12.2. The summed E-state index contributed by atoms with van der Waals surface area (Å²) in [6.45, 7) is 12.3. The number of hydrogen-bond acceptors (Lipinski definition) is 2. The van der Waals surface area contributed by atoms with Crippen LogP contribution in [-0.2, 0) is 9.53 Å². The summed E-state index contributed by atoms with van der Waals surface area (Å²) in [5.41, 5.74) is 0. The molecular weight excluding hydrogens is 516 g/mol. The third-order valence-corrected chi connectivity index (χ3v) is 9.08. The lowest BCUT2D eigenvalue weighted by Crippen LogP contribution is -2.54. The minimum atomic E-state index is -0.282. The standard InChI is InChI=1S/C38H78N2O2/c1-8-11-13-15-17-19-21-23-25-27-29-31-33-39(4,5)35-37(42-38(41)10-3)36-40(6,7)34-32-30-28-26-24-22-20-18-16-14-12-9-2/h10,37H,3,8-9,11-36H2,1-2,4-7H3/q+2. The molecule has 0 fully saturated rings. The Balaban J connectivity index is 4.21. The van der Waals surface area contributed by atoms with Crippen molar-refractivity contribution < 1.29 is 18.5 Å². The van der Waals surface area contributed by atoms with Crippen LogP contribution >= 0.6 is 0 Å². The van der Waals surface area contributed by atoms with Gasteiger partial charge in [-0.2, -0.15) is 0 Å². The summed E-state index contributed by atoms with van der Waals surface area (Å²) >= 11 is 0. The molecule has 0 N–H and O–H groups in total. The van der Waals surface area contributed by atoms with Gasteiger partial charge in [-0.25, -0.2) is 4.79 Å². The van der Waals surface area contributed by atoms with E-state index < -0.39 is 0 Å².